The first-order valence-corrected chi connectivity index (χ1v) is 6.45. The van der Waals surface area contributed by atoms with Gasteiger partial charge in [-0.3, -0.25) is 0 Å². The molecular weight excluding hydrogens is 200 g/mol. The third-order valence-electron chi connectivity index (χ3n) is 3.05. The van der Waals surface area contributed by atoms with Crippen molar-refractivity contribution in [2.45, 2.75) is 40.0 Å². The molecule has 0 bridgehead atoms. The second-order valence-corrected chi connectivity index (χ2v) is 5.43. The van der Waals surface area contributed by atoms with Crippen LogP contribution in [-0.4, -0.2) is 33.4 Å². The fourth-order valence-electron chi connectivity index (χ4n) is 1.79. The molecule has 3 nitrogen and oxygen atoms in total. The summed E-state index contributed by atoms with van der Waals surface area (Å²) in [6.07, 6.45) is 3.54. The van der Waals surface area contributed by atoms with Gasteiger partial charge in [0.2, 0.25) is 0 Å². The van der Waals surface area contributed by atoms with E-state index in [-0.39, 0.29) is 0 Å². The molecule has 0 aliphatic carbocycles. The maximum absolute atomic E-state index is 5.73. The van der Waals surface area contributed by atoms with Crippen LogP contribution < -0.4 is 11.1 Å². The zero-order valence-electron chi connectivity index (χ0n) is 11.5. The largest absolute Gasteiger partial charge is 0.385 e. The summed E-state index contributed by atoms with van der Waals surface area (Å²) in [5.74, 6) is 0.628. The van der Waals surface area contributed by atoms with Gasteiger partial charge in [0.05, 0.1) is 0 Å². The highest BCUT2D eigenvalue weighted by Gasteiger charge is 2.17. The predicted octanol–water partition coefficient (Wildman–Crippen LogP) is 2.01. The molecule has 1 atom stereocenters. The highest BCUT2D eigenvalue weighted by molar-refractivity contribution is 4.73. The van der Waals surface area contributed by atoms with Gasteiger partial charge in [0, 0.05) is 20.3 Å². The predicted molar refractivity (Wildman–Crippen MR) is 70.6 cm³/mol. The first-order chi connectivity index (χ1) is 7.55. The van der Waals surface area contributed by atoms with Crippen molar-refractivity contribution in [2.24, 2.45) is 17.1 Å². The summed E-state index contributed by atoms with van der Waals surface area (Å²) in [7, 11) is 1.76. The number of nitrogens with one attached hydrogen (secondary N) is 1. The minimum atomic E-state index is 0.307. The van der Waals surface area contributed by atoms with E-state index in [1.54, 1.807) is 7.11 Å². The smallest absolute Gasteiger partial charge is 0.0467 e. The molecule has 0 spiro atoms. The van der Waals surface area contributed by atoms with E-state index in [0.29, 0.717) is 11.3 Å². The molecule has 3 N–H and O–H groups in total. The lowest BCUT2D eigenvalue weighted by Crippen LogP contribution is -2.35. The summed E-state index contributed by atoms with van der Waals surface area (Å²) in [5.41, 5.74) is 6.04. The van der Waals surface area contributed by atoms with Crippen molar-refractivity contribution in [3.63, 3.8) is 0 Å². The molecule has 0 amide bonds. The molecule has 0 aromatic rings. The topological polar surface area (TPSA) is 47.3 Å². The normalized spacial score (nSPS) is 14.1. The fraction of sp³-hybridized carbons (Fsp3) is 1.00. The molecule has 0 aromatic heterocycles. The molecule has 16 heavy (non-hydrogen) atoms. The van der Waals surface area contributed by atoms with Gasteiger partial charge in [-0.1, -0.05) is 27.2 Å². The lowest BCUT2D eigenvalue weighted by atomic mass is 9.89. The summed E-state index contributed by atoms with van der Waals surface area (Å²) in [6, 6.07) is 0. The summed E-state index contributed by atoms with van der Waals surface area (Å²) < 4.78 is 5.12. The summed E-state index contributed by atoms with van der Waals surface area (Å²) in [6.45, 7) is 10.5. The van der Waals surface area contributed by atoms with Crippen LogP contribution in [0, 0.1) is 11.3 Å². The molecule has 0 heterocycles. The number of ether oxygens (including phenoxy) is 1. The van der Waals surface area contributed by atoms with Gasteiger partial charge < -0.3 is 15.8 Å². The van der Waals surface area contributed by atoms with Crippen LogP contribution in [-0.2, 0) is 4.74 Å². The van der Waals surface area contributed by atoms with Gasteiger partial charge in [0.1, 0.15) is 0 Å². The number of hydrogen-bond donors (Lipinski definition) is 2. The second kappa shape index (κ2) is 8.97. The van der Waals surface area contributed by atoms with Gasteiger partial charge in [0.25, 0.3) is 0 Å². The fourth-order valence-corrected chi connectivity index (χ4v) is 1.79. The Balaban J connectivity index is 3.68. The molecule has 98 valence electrons. The molecule has 0 rings (SSSR count). The van der Waals surface area contributed by atoms with Crippen LogP contribution in [0.1, 0.15) is 40.0 Å². The molecule has 0 fully saturated rings. The lowest BCUT2D eigenvalue weighted by Gasteiger charge is -2.26. The standard InChI is InChI=1S/C13H30N2O/c1-5-6-12(9-14)10-15-11-13(2,3)7-8-16-4/h12,15H,5-11,14H2,1-4H3. The number of rotatable bonds is 10. The Kier molecular flexibility index (Phi) is 8.90. The van der Waals surface area contributed by atoms with Gasteiger partial charge in [-0.2, -0.15) is 0 Å². The number of hydrogen-bond acceptors (Lipinski definition) is 3. The average molecular weight is 230 g/mol. The van der Waals surface area contributed by atoms with Gasteiger partial charge >= 0.3 is 0 Å². The Labute approximate surface area is 101 Å². The van der Waals surface area contributed by atoms with E-state index in [1.165, 1.54) is 12.8 Å². The van der Waals surface area contributed by atoms with E-state index >= 15 is 0 Å². The van der Waals surface area contributed by atoms with Crippen molar-refractivity contribution in [2.75, 3.05) is 33.4 Å². The van der Waals surface area contributed by atoms with Crippen molar-refractivity contribution in [3.05, 3.63) is 0 Å². The van der Waals surface area contributed by atoms with E-state index in [4.69, 9.17) is 10.5 Å². The molecule has 3 heteroatoms. The molecule has 1 unspecified atom stereocenters. The Morgan fingerprint density at radius 3 is 2.56 bits per heavy atom. The van der Waals surface area contributed by atoms with Crippen LogP contribution >= 0.6 is 0 Å². The van der Waals surface area contributed by atoms with E-state index < -0.39 is 0 Å². The lowest BCUT2D eigenvalue weighted by molar-refractivity contribution is 0.150. The van der Waals surface area contributed by atoms with Crippen LogP contribution in [0.3, 0.4) is 0 Å². The minimum Gasteiger partial charge on any atom is -0.385 e. The third kappa shape index (κ3) is 8.08. The highest BCUT2D eigenvalue weighted by atomic mass is 16.5. The Morgan fingerprint density at radius 1 is 1.38 bits per heavy atom. The van der Waals surface area contributed by atoms with E-state index in [9.17, 15) is 0 Å². The highest BCUT2D eigenvalue weighted by Crippen LogP contribution is 2.18. The zero-order valence-corrected chi connectivity index (χ0v) is 11.5. The van der Waals surface area contributed by atoms with Crippen molar-refractivity contribution in [1.82, 2.24) is 5.32 Å². The van der Waals surface area contributed by atoms with Crippen molar-refractivity contribution in [3.8, 4) is 0 Å². The number of nitrogens with two attached hydrogens (primary N) is 1. The Bertz CT molecular complexity index is 160. The van der Waals surface area contributed by atoms with Crippen LogP contribution in [0.15, 0.2) is 0 Å². The van der Waals surface area contributed by atoms with Crippen molar-refractivity contribution in [1.29, 1.82) is 0 Å². The van der Waals surface area contributed by atoms with E-state index in [2.05, 4.69) is 26.1 Å². The third-order valence-corrected chi connectivity index (χ3v) is 3.05. The van der Waals surface area contributed by atoms with Crippen molar-refractivity contribution < 1.29 is 4.74 Å². The van der Waals surface area contributed by atoms with Crippen LogP contribution in [0.4, 0.5) is 0 Å². The van der Waals surface area contributed by atoms with Crippen LogP contribution in [0.2, 0.25) is 0 Å². The summed E-state index contributed by atoms with van der Waals surface area (Å²) in [4.78, 5) is 0. The maximum atomic E-state index is 5.73. The summed E-state index contributed by atoms with van der Waals surface area (Å²) >= 11 is 0. The van der Waals surface area contributed by atoms with Gasteiger partial charge in [-0.15, -0.1) is 0 Å². The number of methoxy groups -OCH3 is 1. The molecular formula is C13H30N2O. The Hall–Kier alpha value is -0.120. The first kappa shape index (κ1) is 15.9. The second-order valence-electron chi connectivity index (χ2n) is 5.43. The van der Waals surface area contributed by atoms with Gasteiger partial charge in [-0.05, 0) is 37.3 Å². The van der Waals surface area contributed by atoms with Gasteiger partial charge in [-0.25, -0.2) is 0 Å². The summed E-state index contributed by atoms with van der Waals surface area (Å²) in [5, 5.41) is 3.53. The molecule has 0 aliphatic rings. The van der Waals surface area contributed by atoms with E-state index in [1.807, 2.05) is 0 Å². The van der Waals surface area contributed by atoms with Crippen LogP contribution in [0.5, 0.6) is 0 Å². The maximum Gasteiger partial charge on any atom is 0.0467 e. The van der Waals surface area contributed by atoms with Gasteiger partial charge in [0.15, 0.2) is 0 Å². The Morgan fingerprint density at radius 2 is 2.06 bits per heavy atom. The molecule has 0 saturated heterocycles. The SMILES string of the molecule is CCCC(CN)CNCC(C)(C)CCOC. The first-order valence-electron chi connectivity index (χ1n) is 6.45. The van der Waals surface area contributed by atoms with Crippen LogP contribution in [0.25, 0.3) is 0 Å². The zero-order chi connectivity index (χ0) is 12.4. The van der Waals surface area contributed by atoms with E-state index in [0.717, 1.165) is 32.7 Å². The minimum absolute atomic E-state index is 0.307. The quantitative estimate of drug-likeness (QED) is 0.603. The van der Waals surface area contributed by atoms with Crippen molar-refractivity contribution >= 4 is 0 Å². The monoisotopic (exact) mass is 230 g/mol. The molecule has 0 aromatic carbocycles. The molecule has 0 aliphatic heterocycles. The average Bonchev–Trinajstić information content (AvgIpc) is 2.25. The molecule has 0 radical (unpaired) electrons. The molecule has 0 saturated carbocycles.